The van der Waals surface area contributed by atoms with Gasteiger partial charge in [0.25, 0.3) is 8.32 Å². The topological polar surface area (TPSA) is 104 Å². The molecule has 0 spiro atoms. The number of nitrogens with zero attached hydrogens (tertiary/aromatic N) is 3. The summed E-state index contributed by atoms with van der Waals surface area (Å²) in [6.45, 7) is 9.16. The van der Waals surface area contributed by atoms with Gasteiger partial charge in [-0.05, 0) is 46.3 Å². The summed E-state index contributed by atoms with van der Waals surface area (Å²) in [6, 6.07) is 40.9. The smallest absolute Gasteiger partial charge is 0.410 e. The number of rotatable bonds is 11. The Morgan fingerprint density at radius 2 is 1.43 bits per heavy atom. The summed E-state index contributed by atoms with van der Waals surface area (Å²) >= 11 is 0. The fourth-order valence-electron chi connectivity index (χ4n) is 10.6. The summed E-state index contributed by atoms with van der Waals surface area (Å²) in [7, 11) is 0.191. The van der Waals surface area contributed by atoms with Gasteiger partial charge in [0.1, 0.15) is 18.4 Å². The van der Waals surface area contributed by atoms with Crippen LogP contribution in [0.4, 0.5) is 4.79 Å². The zero-order valence-corrected chi connectivity index (χ0v) is 36.8. The minimum atomic E-state index is -2.99. The van der Waals surface area contributed by atoms with Gasteiger partial charge in [-0.3, -0.25) is 9.80 Å². The van der Waals surface area contributed by atoms with Gasteiger partial charge in [-0.1, -0.05) is 154 Å². The van der Waals surface area contributed by atoms with Crippen molar-refractivity contribution in [2.24, 2.45) is 5.92 Å². The molecule has 6 atom stereocenters. The average Bonchev–Trinajstić information content (AvgIpc) is 3.59. The number of ether oxygens (including phenoxy) is 3. The highest BCUT2D eigenvalue weighted by Crippen LogP contribution is 2.56. The molecule has 5 aromatic carbocycles. The van der Waals surface area contributed by atoms with Gasteiger partial charge in [-0.2, -0.15) is 5.26 Å². The number of phenolic OH excluding ortho intramolecular Hbond substituents is 1. The van der Waals surface area contributed by atoms with E-state index in [0.29, 0.717) is 42.1 Å². The number of aromatic hydroxyl groups is 1. The number of benzene rings is 5. The minimum Gasteiger partial charge on any atom is -0.504 e. The van der Waals surface area contributed by atoms with Crippen molar-refractivity contribution in [1.29, 1.82) is 5.26 Å². The Morgan fingerprint density at radius 3 is 1.98 bits per heavy atom. The summed E-state index contributed by atoms with van der Waals surface area (Å²) in [4.78, 5) is 18.8. The lowest BCUT2D eigenvalue weighted by Crippen LogP contribution is -2.69. The highest BCUT2D eigenvalue weighted by molar-refractivity contribution is 6.99. The number of amides is 1. The number of methoxy groups -OCH3 is 2. The number of hydrogen-bond donors (Lipinski definition) is 1. The van der Waals surface area contributed by atoms with Gasteiger partial charge < -0.3 is 23.7 Å². The third-order valence-electron chi connectivity index (χ3n) is 13.1. The van der Waals surface area contributed by atoms with Crippen molar-refractivity contribution in [1.82, 2.24) is 9.80 Å². The number of carbonyl (C=O) groups is 1. The van der Waals surface area contributed by atoms with Crippen LogP contribution in [0.5, 0.6) is 17.2 Å². The standard InChI is InChI=1S/C51H55N3O6Si/c1-34-48(57-5)40-30-43-46-37(33-60-61(51(2,3)4,38-23-15-9-16-24-38)39-25-17-10-18-26-39)29-42(54(46)50(56)59-32-36-21-13-8-14-22-36)44(31-52)53(43)41(45(40)47(55)49(34)58-6)28-27-35-19-11-7-12-20-35/h7-28,37,41-44,46,55H,29-30,32-33H2,1-6H3/b28-27+/t37-,41-,42+,43-,44-,46-/m0/s1. The van der Waals surface area contributed by atoms with E-state index in [1.54, 1.807) is 14.2 Å². The third-order valence-corrected chi connectivity index (χ3v) is 18.1. The maximum atomic E-state index is 14.7. The molecule has 2 saturated heterocycles. The second-order valence-electron chi connectivity index (χ2n) is 17.4. The molecule has 0 aromatic heterocycles. The van der Waals surface area contributed by atoms with Crippen LogP contribution in [0.15, 0.2) is 127 Å². The largest absolute Gasteiger partial charge is 0.504 e. The molecule has 10 heteroatoms. The first kappa shape index (κ1) is 41.9. The van der Waals surface area contributed by atoms with Crippen LogP contribution in [0.1, 0.15) is 61.1 Å². The summed E-state index contributed by atoms with van der Waals surface area (Å²) in [5.74, 6) is 0.816. The molecule has 61 heavy (non-hydrogen) atoms. The predicted molar refractivity (Wildman–Crippen MR) is 241 cm³/mol. The van der Waals surface area contributed by atoms with Crippen LogP contribution in [-0.4, -0.2) is 74.3 Å². The SMILES string of the molecule is COc1c(C)c(OC)c2c(c1O)[C@H](/C=C/c1ccccc1)N1[C@@H](C#N)[C@H]3C[C@@H](CO[Si](c4ccccc4)(c4ccccc4)C(C)(C)C)[C@@H]([C@@H]1C2)N3C(=O)OCc1ccccc1. The highest BCUT2D eigenvalue weighted by atomic mass is 28.4. The number of fused-ring (bicyclic) bond motifs is 5. The zero-order chi connectivity index (χ0) is 42.9. The molecule has 1 amide bonds. The Hall–Kier alpha value is -5.86. The number of carbonyl (C=O) groups excluding carboxylic acids is 1. The van der Waals surface area contributed by atoms with Crippen LogP contribution in [0.25, 0.3) is 6.08 Å². The van der Waals surface area contributed by atoms with Crippen LogP contribution in [-0.2, 0) is 22.2 Å². The summed E-state index contributed by atoms with van der Waals surface area (Å²) in [5.41, 5.74) is 4.01. The quantitative estimate of drug-likeness (QED) is 0.132. The summed E-state index contributed by atoms with van der Waals surface area (Å²) < 4.78 is 25.8. The average molecular weight is 834 g/mol. The van der Waals surface area contributed by atoms with Gasteiger partial charge >= 0.3 is 6.09 Å². The van der Waals surface area contributed by atoms with Crippen LogP contribution in [0, 0.1) is 24.2 Å². The molecule has 5 aromatic rings. The molecular formula is C51H55N3O6Si. The molecule has 1 N–H and O–H groups in total. The number of nitriles is 1. The first-order valence-electron chi connectivity index (χ1n) is 21.1. The Kier molecular flexibility index (Phi) is 11.8. The van der Waals surface area contributed by atoms with Gasteiger partial charge in [0.15, 0.2) is 11.5 Å². The van der Waals surface area contributed by atoms with Gasteiger partial charge in [0.2, 0.25) is 0 Å². The monoisotopic (exact) mass is 833 g/mol. The van der Waals surface area contributed by atoms with E-state index in [1.165, 1.54) is 10.4 Å². The van der Waals surface area contributed by atoms with Crippen LogP contribution >= 0.6 is 0 Å². The molecule has 2 fully saturated rings. The van der Waals surface area contributed by atoms with Crippen molar-refractivity contribution >= 4 is 30.9 Å². The molecule has 0 unspecified atom stereocenters. The van der Waals surface area contributed by atoms with E-state index in [0.717, 1.165) is 16.7 Å². The van der Waals surface area contributed by atoms with Gasteiger partial charge in [-0.15, -0.1) is 0 Å². The molecular weight excluding hydrogens is 779 g/mol. The molecule has 0 saturated carbocycles. The van der Waals surface area contributed by atoms with Crippen LogP contribution in [0.2, 0.25) is 5.04 Å². The van der Waals surface area contributed by atoms with Gasteiger partial charge in [0.05, 0.1) is 38.4 Å². The molecule has 0 aliphatic carbocycles. The van der Waals surface area contributed by atoms with E-state index < -0.39 is 38.6 Å². The van der Waals surface area contributed by atoms with Crippen LogP contribution in [0.3, 0.4) is 0 Å². The van der Waals surface area contributed by atoms with E-state index in [-0.39, 0.29) is 29.4 Å². The molecule has 3 aliphatic heterocycles. The van der Waals surface area contributed by atoms with Crippen molar-refractivity contribution in [3.63, 3.8) is 0 Å². The van der Waals surface area contributed by atoms with Crippen molar-refractivity contribution in [2.45, 2.75) is 82.4 Å². The Morgan fingerprint density at radius 1 is 0.852 bits per heavy atom. The first-order chi connectivity index (χ1) is 29.5. The van der Waals surface area contributed by atoms with Crippen molar-refractivity contribution in [3.8, 4) is 23.3 Å². The number of piperazine rings is 1. The fourth-order valence-corrected chi connectivity index (χ4v) is 15.2. The molecule has 3 aliphatic rings. The van der Waals surface area contributed by atoms with Crippen molar-refractivity contribution < 1.29 is 28.5 Å². The number of hydrogen-bond acceptors (Lipinski definition) is 8. The molecule has 3 heterocycles. The van der Waals surface area contributed by atoms with E-state index in [4.69, 9.17) is 18.6 Å². The maximum Gasteiger partial charge on any atom is 0.410 e. The second-order valence-corrected chi connectivity index (χ2v) is 21.7. The van der Waals surface area contributed by atoms with Crippen molar-refractivity contribution in [3.05, 3.63) is 155 Å². The highest BCUT2D eigenvalue weighted by Gasteiger charge is 2.62. The van der Waals surface area contributed by atoms with E-state index in [9.17, 15) is 15.2 Å². The first-order valence-corrected chi connectivity index (χ1v) is 23.1. The zero-order valence-electron chi connectivity index (χ0n) is 35.8. The number of phenols is 1. The molecule has 2 bridgehead atoms. The third kappa shape index (κ3) is 7.39. The summed E-state index contributed by atoms with van der Waals surface area (Å²) in [5, 5.41) is 25.5. The minimum absolute atomic E-state index is 0.0252. The second kappa shape index (κ2) is 17.2. The fraction of sp³-hybridized carbons (Fsp3) is 0.333. The van der Waals surface area contributed by atoms with E-state index in [2.05, 4.69) is 86.3 Å². The lowest BCUT2D eigenvalue weighted by atomic mass is 9.78. The Balaban J connectivity index is 1.28. The Bertz CT molecular complexity index is 2360. The lowest BCUT2D eigenvalue weighted by Gasteiger charge is -2.54. The van der Waals surface area contributed by atoms with Gasteiger partial charge in [-0.25, -0.2) is 4.79 Å². The van der Waals surface area contributed by atoms with Crippen molar-refractivity contribution in [2.75, 3.05) is 20.8 Å². The molecule has 0 radical (unpaired) electrons. The lowest BCUT2D eigenvalue weighted by molar-refractivity contribution is -0.0398. The molecule has 8 rings (SSSR count). The molecule has 314 valence electrons. The Labute approximate surface area is 360 Å². The summed E-state index contributed by atoms with van der Waals surface area (Å²) in [6.07, 6.45) is 4.59. The molecule has 9 nitrogen and oxygen atoms in total. The predicted octanol–water partition coefficient (Wildman–Crippen LogP) is 8.58. The van der Waals surface area contributed by atoms with E-state index in [1.807, 2.05) is 90.7 Å². The normalized spacial score (nSPS) is 22.3. The van der Waals surface area contributed by atoms with Gasteiger partial charge in [0, 0.05) is 35.3 Å². The van der Waals surface area contributed by atoms with Crippen LogP contribution < -0.4 is 19.8 Å². The van der Waals surface area contributed by atoms with E-state index >= 15 is 0 Å². The maximum absolute atomic E-state index is 14.7.